The molecule has 100 valence electrons. The third-order valence-electron chi connectivity index (χ3n) is 3.35. The first kappa shape index (κ1) is 14.5. The van der Waals surface area contributed by atoms with Gasteiger partial charge in [0, 0.05) is 31.1 Å². The Balaban J connectivity index is 2.71. The Kier molecular flexibility index (Phi) is 4.99. The monoisotopic (exact) mass is 240 g/mol. The van der Waals surface area contributed by atoms with Gasteiger partial charge in [-0.2, -0.15) is 0 Å². The van der Waals surface area contributed by atoms with Crippen LogP contribution in [0.2, 0.25) is 0 Å². The summed E-state index contributed by atoms with van der Waals surface area (Å²) in [5.74, 6) is 0.965. The van der Waals surface area contributed by atoms with E-state index in [9.17, 15) is 4.79 Å². The van der Waals surface area contributed by atoms with E-state index in [0.29, 0.717) is 24.3 Å². The van der Waals surface area contributed by atoms with E-state index in [-0.39, 0.29) is 5.54 Å². The molecule has 1 fully saturated rings. The highest BCUT2D eigenvalue weighted by Crippen LogP contribution is 2.21. The number of carbonyl (C=O) groups excluding carboxylic acids is 1. The fourth-order valence-electron chi connectivity index (χ4n) is 2.52. The van der Waals surface area contributed by atoms with Crippen molar-refractivity contribution in [2.45, 2.75) is 65.5 Å². The fraction of sp³-hybridized carbons (Fsp3) is 0.929. The molecule has 0 saturated carbocycles. The first-order valence-electron chi connectivity index (χ1n) is 6.90. The zero-order valence-corrected chi connectivity index (χ0v) is 12.0. The first-order valence-corrected chi connectivity index (χ1v) is 6.90. The number of nitrogens with zero attached hydrogens (tertiary/aromatic N) is 1. The van der Waals surface area contributed by atoms with Crippen LogP contribution in [0, 0.1) is 5.92 Å². The quantitative estimate of drug-likeness (QED) is 0.818. The number of carbonyl (C=O) groups is 1. The number of amides is 1. The number of nitrogens with one attached hydrogen (secondary N) is 1. The molecule has 1 aliphatic heterocycles. The van der Waals surface area contributed by atoms with Gasteiger partial charge < -0.3 is 10.2 Å². The average Bonchev–Trinajstić information content (AvgIpc) is 2.20. The lowest BCUT2D eigenvalue weighted by molar-refractivity contribution is -0.136. The summed E-state index contributed by atoms with van der Waals surface area (Å²) in [6.07, 6.45) is 2.72. The number of hydrogen-bond acceptors (Lipinski definition) is 2. The Morgan fingerprint density at radius 2 is 2.12 bits per heavy atom. The Labute approximate surface area is 106 Å². The van der Waals surface area contributed by atoms with Crippen LogP contribution in [0.15, 0.2) is 0 Å². The summed E-state index contributed by atoms with van der Waals surface area (Å²) in [7, 11) is 0. The summed E-state index contributed by atoms with van der Waals surface area (Å²) < 4.78 is 0. The third kappa shape index (κ3) is 4.30. The molecule has 0 spiro atoms. The molecule has 3 heteroatoms. The highest BCUT2D eigenvalue weighted by Gasteiger charge is 2.34. The van der Waals surface area contributed by atoms with Crippen molar-refractivity contribution in [1.29, 1.82) is 0 Å². The van der Waals surface area contributed by atoms with Gasteiger partial charge in [-0.1, -0.05) is 20.8 Å². The highest BCUT2D eigenvalue weighted by atomic mass is 16.2. The molecule has 1 aliphatic rings. The van der Waals surface area contributed by atoms with Crippen molar-refractivity contribution in [3.05, 3.63) is 0 Å². The molecule has 1 saturated heterocycles. The summed E-state index contributed by atoms with van der Waals surface area (Å²) >= 11 is 0. The largest absolute Gasteiger partial charge is 0.337 e. The van der Waals surface area contributed by atoms with Crippen LogP contribution >= 0.6 is 0 Å². The first-order chi connectivity index (χ1) is 7.85. The van der Waals surface area contributed by atoms with Gasteiger partial charge in [0.05, 0.1) is 0 Å². The summed E-state index contributed by atoms with van der Waals surface area (Å²) in [5, 5.41) is 3.55. The second-order valence-corrected chi connectivity index (χ2v) is 6.32. The summed E-state index contributed by atoms with van der Waals surface area (Å²) in [4.78, 5) is 14.3. The van der Waals surface area contributed by atoms with Gasteiger partial charge in [-0.3, -0.25) is 4.79 Å². The lowest BCUT2D eigenvalue weighted by atomic mass is 9.93. The molecule has 0 aromatic carbocycles. The lowest BCUT2D eigenvalue weighted by Crippen LogP contribution is -2.63. The Bertz CT molecular complexity index is 261. The standard InChI is InChI=1S/C14H28N2O/c1-6-7-13(17)16-10-14(4,5)15-9-12(16)8-11(2)3/h11-12,15H,6-10H2,1-5H3. The molecular formula is C14H28N2O. The van der Waals surface area contributed by atoms with E-state index >= 15 is 0 Å². The van der Waals surface area contributed by atoms with Crippen molar-refractivity contribution in [2.75, 3.05) is 13.1 Å². The smallest absolute Gasteiger partial charge is 0.222 e. The van der Waals surface area contributed by atoms with Gasteiger partial charge in [-0.15, -0.1) is 0 Å². The molecular weight excluding hydrogens is 212 g/mol. The molecule has 1 N–H and O–H groups in total. The normalized spacial score (nSPS) is 24.1. The van der Waals surface area contributed by atoms with E-state index in [1.54, 1.807) is 0 Å². The maximum Gasteiger partial charge on any atom is 0.222 e. The van der Waals surface area contributed by atoms with Gasteiger partial charge in [-0.25, -0.2) is 0 Å². The maximum absolute atomic E-state index is 12.2. The van der Waals surface area contributed by atoms with Crippen LogP contribution in [0.25, 0.3) is 0 Å². The number of rotatable bonds is 4. The zero-order chi connectivity index (χ0) is 13.1. The van der Waals surface area contributed by atoms with E-state index in [4.69, 9.17) is 0 Å². The summed E-state index contributed by atoms with van der Waals surface area (Å²) in [6, 6.07) is 0.377. The zero-order valence-electron chi connectivity index (χ0n) is 12.0. The van der Waals surface area contributed by atoms with Crippen LogP contribution < -0.4 is 5.32 Å². The molecule has 0 radical (unpaired) electrons. The Morgan fingerprint density at radius 1 is 1.47 bits per heavy atom. The van der Waals surface area contributed by atoms with Crippen LogP contribution in [0.5, 0.6) is 0 Å². The number of piperazine rings is 1. The molecule has 1 rings (SSSR count). The van der Waals surface area contributed by atoms with Gasteiger partial charge in [-0.05, 0) is 32.6 Å². The minimum Gasteiger partial charge on any atom is -0.337 e. The van der Waals surface area contributed by atoms with Crippen molar-refractivity contribution in [2.24, 2.45) is 5.92 Å². The van der Waals surface area contributed by atoms with E-state index < -0.39 is 0 Å². The van der Waals surface area contributed by atoms with Crippen molar-refractivity contribution in [3.63, 3.8) is 0 Å². The molecule has 1 unspecified atom stereocenters. The van der Waals surface area contributed by atoms with E-state index in [2.05, 4.69) is 44.8 Å². The van der Waals surface area contributed by atoms with Gasteiger partial charge in [0.1, 0.15) is 0 Å². The Morgan fingerprint density at radius 3 is 2.65 bits per heavy atom. The topological polar surface area (TPSA) is 32.3 Å². The molecule has 0 aromatic heterocycles. The van der Waals surface area contributed by atoms with Gasteiger partial charge in [0.15, 0.2) is 0 Å². The van der Waals surface area contributed by atoms with E-state index in [1.807, 2.05) is 0 Å². The highest BCUT2D eigenvalue weighted by molar-refractivity contribution is 5.76. The fourth-order valence-corrected chi connectivity index (χ4v) is 2.52. The molecule has 0 bridgehead atoms. The van der Waals surface area contributed by atoms with Gasteiger partial charge >= 0.3 is 0 Å². The predicted molar refractivity (Wildman–Crippen MR) is 71.9 cm³/mol. The molecule has 0 aromatic rings. The summed E-state index contributed by atoms with van der Waals surface area (Å²) in [5.41, 5.74) is 0.0525. The molecule has 1 heterocycles. The molecule has 17 heavy (non-hydrogen) atoms. The SMILES string of the molecule is CCCC(=O)N1CC(C)(C)NCC1CC(C)C. The summed E-state index contributed by atoms with van der Waals surface area (Å²) in [6.45, 7) is 12.6. The second-order valence-electron chi connectivity index (χ2n) is 6.32. The third-order valence-corrected chi connectivity index (χ3v) is 3.35. The van der Waals surface area contributed by atoms with Crippen molar-refractivity contribution < 1.29 is 4.79 Å². The average molecular weight is 240 g/mol. The lowest BCUT2D eigenvalue weighted by Gasteiger charge is -2.45. The molecule has 0 aliphatic carbocycles. The molecule has 1 atom stereocenters. The van der Waals surface area contributed by atoms with Crippen LogP contribution in [0.4, 0.5) is 0 Å². The van der Waals surface area contributed by atoms with E-state index in [0.717, 1.165) is 25.9 Å². The van der Waals surface area contributed by atoms with Crippen molar-refractivity contribution in [1.82, 2.24) is 10.2 Å². The van der Waals surface area contributed by atoms with Gasteiger partial charge in [0.25, 0.3) is 0 Å². The maximum atomic E-state index is 12.2. The number of hydrogen-bond donors (Lipinski definition) is 1. The van der Waals surface area contributed by atoms with Crippen LogP contribution in [0.1, 0.15) is 53.9 Å². The van der Waals surface area contributed by atoms with Crippen LogP contribution in [-0.4, -0.2) is 35.5 Å². The van der Waals surface area contributed by atoms with E-state index in [1.165, 1.54) is 0 Å². The van der Waals surface area contributed by atoms with Gasteiger partial charge in [0.2, 0.25) is 5.91 Å². The van der Waals surface area contributed by atoms with Crippen LogP contribution in [0.3, 0.4) is 0 Å². The Hall–Kier alpha value is -0.570. The van der Waals surface area contributed by atoms with Crippen LogP contribution in [-0.2, 0) is 4.79 Å². The van der Waals surface area contributed by atoms with Crippen molar-refractivity contribution in [3.8, 4) is 0 Å². The minimum absolute atomic E-state index is 0.0525. The minimum atomic E-state index is 0.0525. The van der Waals surface area contributed by atoms with Crippen molar-refractivity contribution >= 4 is 5.91 Å². The molecule has 1 amide bonds. The predicted octanol–water partition coefficient (Wildman–Crippen LogP) is 2.41. The molecule has 3 nitrogen and oxygen atoms in total. The second kappa shape index (κ2) is 5.85.